The normalized spacial score (nSPS) is 21.0. The fourth-order valence-corrected chi connectivity index (χ4v) is 3.38. The molecule has 2 heterocycles. The van der Waals surface area contributed by atoms with Gasteiger partial charge in [0.15, 0.2) is 5.69 Å². The first-order valence-electron chi connectivity index (χ1n) is 8.57. The lowest BCUT2D eigenvalue weighted by Gasteiger charge is -2.24. The molecule has 1 aliphatic carbocycles. The van der Waals surface area contributed by atoms with Crippen molar-refractivity contribution in [3.8, 4) is 0 Å². The lowest BCUT2D eigenvalue weighted by molar-refractivity contribution is -0.142. The van der Waals surface area contributed by atoms with Crippen molar-refractivity contribution in [2.45, 2.75) is 45.2 Å². The molecule has 1 aromatic rings. The van der Waals surface area contributed by atoms with E-state index in [9.17, 15) is 18.0 Å². The van der Waals surface area contributed by atoms with Crippen LogP contribution >= 0.6 is 0 Å². The molecule has 1 aliphatic heterocycles. The molecule has 0 aromatic carbocycles. The Balaban J connectivity index is 1.72. The Kier molecular flexibility index (Phi) is 5.12. The van der Waals surface area contributed by atoms with Crippen molar-refractivity contribution in [2.75, 3.05) is 25.1 Å². The van der Waals surface area contributed by atoms with Crippen LogP contribution in [0.1, 0.15) is 43.1 Å². The van der Waals surface area contributed by atoms with Crippen molar-refractivity contribution in [3.63, 3.8) is 0 Å². The third-order valence-electron chi connectivity index (χ3n) is 4.67. The van der Waals surface area contributed by atoms with Gasteiger partial charge in [-0.3, -0.25) is 20.5 Å². The summed E-state index contributed by atoms with van der Waals surface area (Å²) in [6, 6.07) is 0. The molecular weight excluding hydrogens is 335 g/mol. The number of likely N-dealkylation sites (tertiary alicyclic amines) is 1. The summed E-state index contributed by atoms with van der Waals surface area (Å²) >= 11 is 0. The Morgan fingerprint density at radius 3 is 2.68 bits per heavy atom. The number of anilines is 1. The summed E-state index contributed by atoms with van der Waals surface area (Å²) in [5.74, 6) is -0.350. The van der Waals surface area contributed by atoms with Crippen LogP contribution < -0.4 is 10.9 Å². The SMILES string of the molecule is C[C@H]1CCc2nc(NNC(=O)CN3CCCC3)nc(C(F)(F)F)c2C1. The molecule has 0 spiro atoms. The van der Waals surface area contributed by atoms with Gasteiger partial charge in [0.05, 0.1) is 6.54 Å². The number of rotatable bonds is 4. The number of fused-ring (bicyclic) bond motifs is 1. The van der Waals surface area contributed by atoms with E-state index in [2.05, 4.69) is 20.8 Å². The minimum atomic E-state index is -4.54. The molecule has 0 bridgehead atoms. The molecule has 3 rings (SSSR count). The Bertz CT molecular complexity index is 643. The molecule has 2 aliphatic rings. The summed E-state index contributed by atoms with van der Waals surface area (Å²) in [5, 5.41) is 0. The lowest BCUT2D eigenvalue weighted by Crippen LogP contribution is -2.39. The van der Waals surface area contributed by atoms with Gasteiger partial charge in [0.1, 0.15) is 0 Å². The van der Waals surface area contributed by atoms with E-state index in [0.29, 0.717) is 18.5 Å². The quantitative estimate of drug-likeness (QED) is 0.808. The molecule has 2 N–H and O–H groups in total. The standard InChI is InChI=1S/C16H22F3N5O/c1-10-4-5-12-11(8-10)14(16(17,18)19)21-15(20-12)23-22-13(25)9-24-6-2-3-7-24/h10H,2-9H2,1H3,(H,22,25)(H,20,21,23)/t10-/m0/s1. The predicted molar refractivity (Wildman–Crippen MR) is 85.7 cm³/mol. The van der Waals surface area contributed by atoms with Gasteiger partial charge >= 0.3 is 6.18 Å². The van der Waals surface area contributed by atoms with E-state index in [1.54, 1.807) is 0 Å². The summed E-state index contributed by atoms with van der Waals surface area (Å²) in [5.41, 5.74) is 4.53. The molecule has 0 unspecified atom stereocenters. The van der Waals surface area contributed by atoms with Crippen LogP contribution in [0.5, 0.6) is 0 Å². The minimum absolute atomic E-state index is 0.177. The molecule has 25 heavy (non-hydrogen) atoms. The number of aryl methyl sites for hydroxylation is 1. The number of halogens is 3. The topological polar surface area (TPSA) is 70.2 Å². The van der Waals surface area contributed by atoms with E-state index in [-0.39, 0.29) is 29.9 Å². The van der Waals surface area contributed by atoms with Gasteiger partial charge in [-0.2, -0.15) is 13.2 Å². The molecule has 1 fully saturated rings. The third kappa shape index (κ3) is 4.39. The highest BCUT2D eigenvalue weighted by Gasteiger charge is 2.38. The largest absolute Gasteiger partial charge is 0.433 e. The van der Waals surface area contributed by atoms with Gasteiger partial charge in [0, 0.05) is 11.3 Å². The van der Waals surface area contributed by atoms with Gasteiger partial charge in [-0.15, -0.1) is 0 Å². The second-order valence-electron chi connectivity index (χ2n) is 6.82. The zero-order valence-electron chi connectivity index (χ0n) is 14.1. The Morgan fingerprint density at radius 2 is 2.00 bits per heavy atom. The first kappa shape index (κ1) is 17.9. The van der Waals surface area contributed by atoms with Crippen molar-refractivity contribution in [1.29, 1.82) is 0 Å². The van der Waals surface area contributed by atoms with E-state index < -0.39 is 11.9 Å². The second kappa shape index (κ2) is 7.15. The fraction of sp³-hybridized carbons (Fsp3) is 0.688. The van der Waals surface area contributed by atoms with Crippen LogP contribution in [-0.2, 0) is 23.8 Å². The maximum atomic E-state index is 13.3. The fourth-order valence-electron chi connectivity index (χ4n) is 3.38. The zero-order valence-corrected chi connectivity index (χ0v) is 14.1. The molecule has 1 amide bonds. The van der Waals surface area contributed by atoms with E-state index in [0.717, 1.165) is 32.4 Å². The monoisotopic (exact) mass is 357 g/mol. The summed E-state index contributed by atoms with van der Waals surface area (Å²) in [4.78, 5) is 21.7. The minimum Gasteiger partial charge on any atom is -0.294 e. The van der Waals surface area contributed by atoms with Crippen LogP contribution in [0.2, 0.25) is 0 Å². The predicted octanol–water partition coefficient (Wildman–Crippen LogP) is 2.16. The smallest absolute Gasteiger partial charge is 0.294 e. The van der Waals surface area contributed by atoms with Crippen LogP contribution in [0.4, 0.5) is 19.1 Å². The number of aromatic nitrogens is 2. The Morgan fingerprint density at radius 1 is 1.28 bits per heavy atom. The van der Waals surface area contributed by atoms with Crippen LogP contribution in [0.25, 0.3) is 0 Å². The van der Waals surface area contributed by atoms with Gasteiger partial charge < -0.3 is 0 Å². The van der Waals surface area contributed by atoms with Crippen LogP contribution in [0, 0.1) is 5.92 Å². The average molecular weight is 357 g/mol. The highest BCUT2D eigenvalue weighted by atomic mass is 19.4. The number of hydrogen-bond donors (Lipinski definition) is 2. The molecule has 1 atom stereocenters. The lowest BCUT2D eigenvalue weighted by atomic mass is 9.87. The number of hydrogen-bond acceptors (Lipinski definition) is 5. The van der Waals surface area contributed by atoms with E-state index >= 15 is 0 Å². The molecular formula is C16H22F3N5O. The number of nitrogens with zero attached hydrogens (tertiary/aromatic N) is 3. The molecule has 0 saturated carbocycles. The molecule has 6 nitrogen and oxygen atoms in total. The van der Waals surface area contributed by atoms with Gasteiger partial charge in [0.25, 0.3) is 5.91 Å². The molecule has 138 valence electrons. The molecule has 0 radical (unpaired) electrons. The maximum absolute atomic E-state index is 13.3. The highest BCUT2D eigenvalue weighted by molar-refractivity contribution is 5.79. The molecule has 9 heteroatoms. The van der Waals surface area contributed by atoms with Gasteiger partial charge in [-0.1, -0.05) is 6.92 Å². The van der Waals surface area contributed by atoms with Crippen LogP contribution in [0.3, 0.4) is 0 Å². The number of amides is 1. The Hall–Kier alpha value is -1.90. The van der Waals surface area contributed by atoms with E-state index in [4.69, 9.17) is 0 Å². The first-order chi connectivity index (χ1) is 11.8. The third-order valence-corrected chi connectivity index (χ3v) is 4.67. The number of nitrogens with one attached hydrogen (secondary N) is 2. The summed E-state index contributed by atoms with van der Waals surface area (Å²) < 4.78 is 40.0. The van der Waals surface area contributed by atoms with Gasteiger partial charge in [-0.25, -0.2) is 9.97 Å². The number of carbonyl (C=O) groups excluding carboxylic acids is 1. The van der Waals surface area contributed by atoms with Crippen molar-refractivity contribution in [2.24, 2.45) is 5.92 Å². The van der Waals surface area contributed by atoms with Crippen LogP contribution in [0.15, 0.2) is 0 Å². The zero-order chi connectivity index (χ0) is 18.0. The maximum Gasteiger partial charge on any atom is 0.433 e. The molecule has 1 aromatic heterocycles. The first-order valence-corrected chi connectivity index (χ1v) is 8.57. The van der Waals surface area contributed by atoms with Crippen molar-refractivity contribution in [1.82, 2.24) is 20.3 Å². The summed E-state index contributed by atoms with van der Waals surface area (Å²) in [7, 11) is 0. The number of hydrazine groups is 1. The van der Waals surface area contributed by atoms with Gasteiger partial charge in [0.2, 0.25) is 5.95 Å². The van der Waals surface area contributed by atoms with Crippen molar-refractivity contribution < 1.29 is 18.0 Å². The van der Waals surface area contributed by atoms with Crippen molar-refractivity contribution >= 4 is 11.9 Å². The number of carbonyl (C=O) groups is 1. The second-order valence-corrected chi connectivity index (χ2v) is 6.82. The summed E-state index contributed by atoms with van der Waals surface area (Å²) in [6.07, 6.45) is -0.823. The average Bonchev–Trinajstić information content (AvgIpc) is 3.04. The Labute approximate surface area is 144 Å². The number of alkyl halides is 3. The molecule has 1 saturated heterocycles. The van der Waals surface area contributed by atoms with E-state index in [1.807, 2.05) is 11.8 Å². The van der Waals surface area contributed by atoms with Gasteiger partial charge in [-0.05, 0) is 51.1 Å². The van der Waals surface area contributed by atoms with Crippen molar-refractivity contribution in [3.05, 3.63) is 17.0 Å². The van der Waals surface area contributed by atoms with E-state index in [1.165, 1.54) is 0 Å². The highest BCUT2D eigenvalue weighted by Crippen LogP contribution is 2.36. The van der Waals surface area contributed by atoms with Crippen LogP contribution in [-0.4, -0.2) is 40.4 Å². The summed E-state index contributed by atoms with van der Waals surface area (Å²) in [6.45, 7) is 3.85.